The second-order valence-electron chi connectivity index (χ2n) is 4.44. The molecule has 0 bridgehead atoms. The van der Waals surface area contributed by atoms with Crippen molar-refractivity contribution in [2.75, 3.05) is 11.3 Å². The van der Waals surface area contributed by atoms with E-state index in [1.54, 1.807) is 0 Å². The maximum atomic E-state index is 11.1. The molecule has 2 rings (SSSR count). The van der Waals surface area contributed by atoms with Gasteiger partial charge in [-0.15, -0.1) is 0 Å². The average Bonchev–Trinajstić information content (AvgIpc) is 2.48. The van der Waals surface area contributed by atoms with Crippen molar-refractivity contribution in [3.63, 3.8) is 0 Å². The second kappa shape index (κ2) is 7.74. The summed E-state index contributed by atoms with van der Waals surface area (Å²) in [6, 6.07) is 10.4. The minimum atomic E-state index is -1.10. The lowest BCUT2D eigenvalue weighted by Gasteiger charge is -2.09. The number of aliphatic hydroxyl groups is 1. The van der Waals surface area contributed by atoms with Crippen LogP contribution < -0.4 is 4.72 Å². The number of carbonyl (C=O) groups is 1. The topological polar surface area (TPSA) is 69.6 Å². The molecule has 2 aromatic rings. The summed E-state index contributed by atoms with van der Waals surface area (Å²) < 4.78 is 3.09. The van der Waals surface area contributed by atoms with Crippen molar-refractivity contribution >= 4 is 46.8 Å². The molecule has 4 nitrogen and oxygen atoms in total. The predicted molar refractivity (Wildman–Crippen MR) is 90.1 cm³/mol. The molecule has 116 valence electrons. The van der Waals surface area contributed by atoms with E-state index in [1.165, 1.54) is 24.1 Å². The Morgan fingerprint density at radius 1 is 1.14 bits per heavy atom. The van der Waals surface area contributed by atoms with E-state index in [9.17, 15) is 4.79 Å². The normalized spacial score (nSPS) is 10.5. The quantitative estimate of drug-likeness (QED) is 0.670. The number of hydrogen-bond acceptors (Lipinski definition) is 4. The molecule has 0 atom stereocenters. The predicted octanol–water partition coefficient (Wildman–Crippen LogP) is 4.35. The minimum absolute atomic E-state index is 0.00802. The van der Waals surface area contributed by atoms with Crippen molar-refractivity contribution in [3.8, 4) is 0 Å². The summed E-state index contributed by atoms with van der Waals surface area (Å²) in [4.78, 5) is 11.7. The number of nitrogens with one attached hydrogen (secondary N) is 1. The van der Waals surface area contributed by atoms with E-state index in [0.29, 0.717) is 16.3 Å². The van der Waals surface area contributed by atoms with Gasteiger partial charge in [-0.2, -0.15) is 0 Å². The molecule has 0 aliphatic carbocycles. The molecule has 0 unspecified atom stereocenters. The first-order valence-corrected chi connectivity index (χ1v) is 7.93. The van der Waals surface area contributed by atoms with Crippen LogP contribution in [-0.2, 0) is 6.42 Å². The number of aliphatic hydroxyl groups excluding tert-OH is 1. The molecule has 0 spiro atoms. The van der Waals surface area contributed by atoms with Crippen LogP contribution in [0.3, 0.4) is 0 Å². The fourth-order valence-corrected chi connectivity index (χ4v) is 3.03. The zero-order chi connectivity index (χ0) is 16.1. The maximum Gasteiger partial charge on any atom is 0.337 e. The molecule has 22 heavy (non-hydrogen) atoms. The van der Waals surface area contributed by atoms with Crippen LogP contribution in [0.4, 0.5) is 5.69 Å². The van der Waals surface area contributed by atoms with Gasteiger partial charge in [-0.1, -0.05) is 35.3 Å². The number of rotatable bonds is 6. The van der Waals surface area contributed by atoms with Gasteiger partial charge in [0.15, 0.2) is 0 Å². The Morgan fingerprint density at radius 2 is 1.82 bits per heavy atom. The summed E-state index contributed by atoms with van der Waals surface area (Å²) in [5, 5.41) is 18.4. The van der Waals surface area contributed by atoms with E-state index in [4.69, 9.17) is 33.4 Å². The van der Waals surface area contributed by atoms with Gasteiger partial charge < -0.3 is 14.9 Å². The van der Waals surface area contributed by atoms with Crippen LogP contribution in [0.2, 0.25) is 10.0 Å². The van der Waals surface area contributed by atoms with E-state index >= 15 is 0 Å². The van der Waals surface area contributed by atoms with Gasteiger partial charge in [-0.25, -0.2) is 4.79 Å². The largest absolute Gasteiger partial charge is 0.478 e. The maximum absolute atomic E-state index is 11.1. The highest BCUT2D eigenvalue weighted by Crippen LogP contribution is 2.33. The molecule has 2 aromatic carbocycles. The number of carboxylic acids is 1. The smallest absolute Gasteiger partial charge is 0.337 e. The van der Waals surface area contributed by atoms with Crippen LogP contribution in [0.15, 0.2) is 41.3 Å². The third-order valence-electron chi connectivity index (χ3n) is 2.89. The molecule has 0 amide bonds. The van der Waals surface area contributed by atoms with Crippen LogP contribution in [0.1, 0.15) is 15.9 Å². The fourth-order valence-electron chi connectivity index (χ4n) is 1.75. The van der Waals surface area contributed by atoms with Crippen molar-refractivity contribution in [1.29, 1.82) is 0 Å². The lowest BCUT2D eigenvalue weighted by molar-refractivity contribution is 0.0697. The van der Waals surface area contributed by atoms with E-state index in [0.717, 1.165) is 11.3 Å². The highest BCUT2D eigenvalue weighted by molar-refractivity contribution is 8.00. The second-order valence-corrected chi connectivity index (χ2v) is 6.10. The summed E-state index contributed by atoms with van der Waals surface area (Å²) in [5.41, 5.74) is 1.89. The summed E-state index contributed by atoms with van der Waals surface area (Å²) in [6.45, 7) is 0.111. The summed E-state index contributed by atoms with van der Waals surface area (Å²) in [6.07, 6.45) is 0.610. The SMILES string of the molecule is O=C(O)c1cc(SNc2ccc(CCO)cc2)c(Cl)cc1Cl. The van der Waals surface area contributed by atoms with Gasteiger partial charge in [-0.3, -0.25) is 0 Å². The number of anilines is 1. The summed E-state index contributed by atoms with van der Waals surface area (Å²) in [7, 11) is 0. The van der Waals surface area contributed by atoms with Crippen LogP contribution in [0, 0.1) is 0 Å². The lowest BCUT2D eigenvalue weighted by atomic mass is 10.1. The number of carboxylic acid groups (broad SMARTS) is 1. The van der Waals surface area contributed by atoms with Gasteiger partial charge in [0.1, 0.15) is 0 Å². The Balaban J connectivity index is 2.10. The highest BCUT2D eigenvalue weighted by Gasteiger charge is 2.13. The zero-order valence-corrected chi connectivity index (χ0v) is 13.7. The van der Waals surface area contributed by atoms with E-state index < -0.39 is 5.97 Å². The molecular formula is C15H13Cl2NO3S. The minimum Gasteiger partial charge on any atom is -0.478 e. The Kier molecular flexibility index (Phi) is 5.97. The van der Waals surface area contributed by atoms with Crippen molar-refractivity contribution in [2.24, 2.45) is 0 Å². The standard InChI is InChI=1S/C15H13Cl2NO3S/c16-12-8-13(17)14(7-11(12)15(20)21)22-18-10-3-1-9(2-4-10)5-6-19/h1-4,7-8,18-19H,5-6H2,(H,20,21). The van der Waals surface area contributed by atoms with Crippen LogP contribution in [0.25, 0.3) is 0 Å². The van der Waals surface area contributed by atoms with Gasteiger partial charge in [-0.05, 0) is 48.2 Å². The van der Waals surface area contributed by atoms with Crippen molar-refractivity contribution in [1.82, 2.24) is 0 Å². The van der Waals surface area contributed by atoms with E-state index in [-0.39, 0.29) is 17.2 Å². The zero-order valence-electron chi connectivity index (χ0n) is 11.3. The van der Waals surface area contributed by atoms with Crippen molar-refractivity contribution < 1.29 is 15.0 Å². The Hall–Kier alpha value is -1.40. The van der Waals surface area contributed by atoms with Gasteiger partial charge >= 0.3 is 5.97 Å². The molecule has 0 heterocycles. The Labute approximate surface area is 142 Å². The first kappa shape index (κ1) is 17.0. The number of aromatic carboxylic acids is 1. The number of hydrogen-bond donors (Lipinski definition) is 3. The fraction of sp³-hybridized carbons (Fsp3) is 0.133. The van der Waals surface area contributed by atoms with Crippen molar-refractivity contribution in [2.45, 2.75) is 11.3 Å². The molecule has 0 saturated carbocycles. The molecule has 0 saturated heterocycles. The van der Waals surface area contributed by atoms with E-state index in [2.05, 4.69) is 4.72 Å². The molecule has 0 aromatic heterocycles. The highest BCUT2D eigenvalue weighted by atomic mass is 35.5. The lowest BCUT2D eigenvalue weighted by Crippen LogP contribution is -1.98. The van der Waals surface area contributed by atoms with Crippen LogP contribution >= 0.6 is 35.1 Å². The first-order valence-electron chi connectivity index (χ1n) is 6.36. The van der Waals surface area contributed by atoms with Crippen LogP contribution in [-0.4, -0.2) is 22.8 Å². The van der Waals surface area contributed by atoms with E-state index in [1.807, 2.05) is 24.3 Å². The number of benzene rings is 2. The molecule has 0 aliphatic heterocycles. The first-order chi connectivity index (χ1) is 10.5. The molecule has 0 fully saturated rings. The monoisotopic (exact) mass is 357 g/mol. The molecular weight excluding hydrogens is 345 g/mol. The number of halogens is 2. The Morgan fingerprint density at radius 3 is 2.41 bits per heavy atom. The third kappa shape index (κ3) is 4.30. The molecule has 7 heteroatoms. The molecule has 3 N–H and O–H groups in total. The van der Waals surface area contributed by atoms with Gasteiger partial charge in [0.05, 0.1) is 15.6 Å². The summed E-state index contributed by atoms with van der Waals surface area (Å²) in [5.74, 6) is -1.10. The van der Waals surface area contributed by atoms with Gasteiger partial charge in [0.25, 0.3) is 0 Å². The van der Waals surface area contributed by atoms with Gasteiger partial charge in [0.2, 0.25) is 0 Å². The van der Waals surface area contributed by atoms with Crippen molar-refractivity contribution in [3.05, 3.63) is 57.6 Å². The Bertz CT molecular complexity index is 677. The summed E-state index contributed by atoms with van der Waals surface area (Å²) >= 11 is 13.1. The van der Waals surface area contributed by atoms with Crippen LogP contribution in [0.5, 0.6) is 0 Å². The molecule has 0 aliphatic rings. The van der Waals surface area contributed by atoms with Gasteiger partial charge in [0, 0.05) is 17.2 Å². The third-order valence-corrected chi connectivity index (χ3v) is 4.52. The average molecular weight is 358 g/mol. The molecule has 0 radical (unpaired) electrons.